The highest BCUT2D eigenvalue weighted by Crippen LogP contribution is 2.14. The Morgan fingerprint density at radius 3 is 3.17 bits per heavy atom. The van der Waals surface area contributed by atoms with Gasteiger partial charge in [-0.25, -0.2) is 0 Å². The lowest BCUT2D eigenvalue weighted by Crippen LogP contribution is -2.33. The van der Waals surface area contributed by atoms with Gasteiger partial charge in [0.2, 0.25) is 0 Å². The molecular formula is C13H18N2O3. The fourth-order valence-electron chi connectivity index (χ4n) is 1.81. The molecule has 3 N–H and O–H groups in total. The van der Waals surface area contributed by atoms with Crippen LogP contribution in [0, 0.1) is 5.92 Å². The summed E-state index contributed by atoms with van der Waals surface area (Å²) >= 11 is 0. The molecule has 0 bridgehead atoms. The third-order valence-electron chi connectivity index (χ3n) is 2.84. The van der Waals surface area contributed by atoms with Crippen molar-refractivity contribution in [3.05, 3.63) is 24.3 Å². The van der Waals surface area contributed by atoms with E-state index in [-0.39, 0.29) is 12.5 Å². The van der Waals surface area contributed by atoms with Crippen LogP contribution in [0.1, 0.15) is 6.42 Å². The predicted molar refractivity (Wildman–Crippen MR) is 68.3 cm³/mol. The summed E-state index contributed by atoms with van der Waals surface area (Å²) in [5, 5.41) is 2.83. The van der Waals surface area contributed by atoms with Crippen LogP contribution in [-0.2, 0) is 9.53 Å². The van der Waals surface area contributed by atoms with E-state index in [0.29, 0.717) is 23.9 Å². The quantitative estimate of drug-likeness (QED) is 0.758. The number of carbonyl (C=O) groups is 1. The second-order valence-electron chi connectivity index (χ2n) is 4.39. The number of carbonyl (C=O) groups excluding carboxylic acids is 1. The Kier molecular flexibility index (Phi) is 4.41. The summed E-state index contributed by atoms with van der Waals surface area (Å²) in [7, 11) is 0. The van der Waals surface area contributed by atoms with Crippen LogP contribution in [-0.4, -0.2) is 32.3 Å². The molecule has 98 valence electrons. The summed E-state index contributed by atoms with van der Waals surface area (Å²) in [4.78, 5) is 11.5. The molecule has 5 heteroatoms. The van der Waals surface area contributed by atoms with E-state index in [4.69, 9.17) is 15.2 Å². The average molecular weight is 250 g/mol. The van der Waals surface area contributed by atoms with Crippen molar-refractivity contribution in [3.63, 3.8) is 0 Å². The minimum Gasteiger partial charge on any atom is -0.484 e. The molecule has 0 radical (unpaired) electrons. The van der Waals surface area contributed by atoms with Gasteiger partial charge in [-0.05, 0) is 18.6 Å². The van der Waals surface area contributed by atoms with Gasteiger partial charge < -0.3 is 20.5 Å². The van der Waals surface area contributed by atoms with Gasteiger partial charge in [0.1, 0.15) is 5.75 Å². The van der Waals surface area contributed by atoms with Gasteiger partial charge in [-0.15, -0.1) is 0 Å². The maximum absolute atomic E-state index is 11.5. The van der Waals surface area contributed by atoms with Crippen molar-refractivity contribution in [2.45, 2.75) is 6.42 Å². The van der Waals surface area contributed by atoms with E-state index < -0.39 is 0 Å². The van der Waals surface area contributed by atoms with Crippen LogP contribution in [0.15, 0.2) is 24.3 Å². The summed E-state index contributed by atoms with van der Waals surface area (Å²) in [5.41, 5.74) is 6.23. The van der Waals surface area contributed by atoms with Crippen molar-refractivity contribution in [3.8, 4) is 5.75 Å². The predicted octanol–water partition coefficient (Wildman–Crippen LogP) is 0.800. The van der Waals surface area contributed by atoms with Gasteiger partial charge in [-0.2, -0.15) is 0 Å². The Morgan fingerprint density at radius 1 is 1.56 bits per heavy atom. The lowest BCUT2D eigenvalue weighted by atomic mass is 10.1. The minimum absolute atomic E-state index is 0.0109. The third-order valence-corrected chi connectivity index (χ3v) is 2.84. The zero-order valence-corrected chi connectivity index (χ0v) is 10.2. The summed E-state index contributed by atoms with van der Waals surface area (Å²) in [6.07, 6.45) is 1.01. The van der Waals surface area contributed by atoms with Crippen molar-refractivity contribution in [2.24, 2.45) is 5.92 Å². The number of hydrogen-bond acceptors (Lipinski definition) is 4. The van der Waals surface area contributed by atoms with Crippen LogP contribution in [0.25, 0.3) is 0 Å². The third kappa shape index (κ3) is 3.92. The number of nitrogens with one attached hydrogen (secondary N) is 1. The highest BCUT2D eigenvalue weighted by Gasteiger charge is 2.16. The molecular weight excluding hydrogens is 232 g/mol. The fourth-order valence-corrected chi connectivity index (χ4v) is 1.81. The number of benzene rings is 1. The first-order valence-electron chi connectivity index (χ1n) is 6.07. The van der Waals surface area contributed by atoms with Crippen molar-refractivity contribution in [1.29, 1.82) is 0 Å². The second kappa shape index (κ2) is 6.26. The molecule has 0 saturated carbocycles. The second-order valence-corrected chi connectivity index (χ2v) is 4.39. The van der Waals surface area contributed by atoms with Gasteiger partial charge in [-0.1, -0.05) is 6.07 Å². The van der Waals surface area contributed by atoms with Crippen molar-refractivity contribution >= 4 is 11.6 Å². The minimum atomic E-state index is -0.121. The van der Waals surface area contributed by atoms with E-state index in [2.05, 4.69) is 5.32 Å². The molecule has 1 aliphatic heterocycles. The molecule has 0 spiro atoms. The Hall–Kier alpha value is -1.75. The molecule has 5 nitrogen and oxygen atoms in total. The Morgan fingerprint density at radius 2 is 2.44 bits per heavy atom. The molecule has 1 unspecified atom stereocenters. The van der Waals surface area contributed by atoms with Crippen molar-refractivity contribution in [1.82, 2.24) is 5.32 Å². The standard InChI is InChI=1S/C13H18N2O3/c14-11-2-1-3-12(6-11)18-9-13(16)15-7-10-4-5-17-8-10/h1-3,6,10H,4-5,7-9,14H2,(H,15,16). The molecule has 0 aliphatic carbocycles. The zero-order chi connectivity index (χ0) is 12.8. The first-order valence-corrected chi connectivity index (χ1v) is 6.07. The molecule has 0 aromatic heterocycles. The molecule has 2 rings (SSSR count). The van der Waals surface area contributed by atoms with Crippen LogP contribution in [0.4, 0.5) is 5.69 Å². The van der Waals surface area contributed by atoms with Gasteiger partial charge in [-0.3, -0.25) is 4.79 Å². The van der Waals surface area contributed by atoms with Crippen LogP contribution < -0.4 is 15.8 Å². The monoisotopic (exact) mass is 250 g/mol. The summed E-state index contributed by atoms with van der Waals surface area (Å²) in [6.45, 7) is 2.19. The smallest absolute Gasteiger partial charge is 0.257 e. The summed E-state index contributed by atoms with van der Waals surface area (Å²) in [5.74, 6) is 0.917. The van der Waals surface area contributed by atoms with E-state index in [1.165, 1.54) is 0 Å². The number of nitrogens with two attached hydrogens (primary N) is 1. The largest absolute Gasteiger partial charge is 0.484 e. The molecule has 1 aromatic rings. The molecule has 1 aromatic carbocycles. The Labute approximate surface area is 106 Å². The first kappa shape index (κ1) is 12.7. The topological polar surface area (TPSA) is 73.6 Å². The lowest BCUT2D eigenvalue weighted by molar-refractivity contribution is -0.123. The van der Waals surface area contributed by atoms with E-state index >= 15 is 0 Å². The maximum atomic E-state index is 11.5. The lowest BCUT2D eigenvalue weighted by Gasteiger charge is -2.10. The van der Waals surface area contributed by atoms with E-state index in [0.717, 1.165) is 19.6 Å². The summed E-state index contributed by atoms with van der Waals surface area (Å²) in [6, 6.07) is 7.03. The molecule has 1 heterocycles. The van der Waals surface area contributed by atoms with Gasteiger partial charge in [0, 0.05) is 30.8 Å². The number of rotatable bonds is 5. The summed E-state index contributed by atoms with van der Waals surface area (Å²) < 4.78 is 10.6. The molecule has 1 atom stereocenters. The molecule has 1 aliphatic rings. The number of anilines is 1. The first-order chi connectivity index (χ1) is 8.74. The van der Waals surface area contributed by atoms with Crippen LogP contribution in [0.3, 0.4) is 0 Å². The van der Waals surface area contributed by atoms with E-state index in [1.54, 1.807) is 24.3 Å². The van der Waals surface area contributed by atoms with Crippen molar-refractivity contribution < 1.29 is 14.3 Å². The van der Waals surface area contributed by atoms with Crippen LogP contribution >= 0.6 is 0 Å². The highest BCUT2D eigenvalue weighted by molar-refractivity contribution is 5.77. The number of hydrogen-bond donors (Lipinski definition) is 2. The molecule has 1 saturated heterocycles. The Bertz CT molecular complexity index is 403. The van der Waals surface area contributed by atoms with Crippen LogP contribution in [0.5, 0.6) is 5.75 Å². The fraction of sp³-hybridized carbons (Fsp3) is 0.462. The van der Waals surface area contributed by atoms with Gasteiger partial charge in [0.05, 0.1) is 6.61 Å². The maximum Gasteiger partial charge on any atom is 0.257 e. The van der Waals surface area contributed by atoms with E-state index in [1.807, 2.05) is 0 Å². The van der Waals surface area contributed by atoms with Gasteiger partial charge in [0.25, 0.3) is 5.91 Å². The average Bonchev–Trinajstić information content (AvgIpc) is 2.87. The van der Waals surface area contributed by atoms with Gasteiger partial charge in [0.15, 0.2) is 6.61 Å². The zero-order valence-electron chi connectivity index (χ0n) is 10.2. The number of amides is 1. The SMILES string of the molecule is Nc1cccc(OCC(=O)NCC2CCOC2)c1. The molecule has 1 fully saturated rings. The van der Waals surface area contributed by atoms with Crippen LogP contribution in [0.2, 0.25) is 0 Å². The number of ether oxygens (including phenoxy) is 2. The normalized spacial score (nSPS) is 18.6. The van der Waals surface area contributed by atoms with E-state index in [9.17, 15) is 4.79 Å². The Balaban J connectivity index is 1.68. The number of nitrogen functional groups attached to an aromatic ring is 1. The van der Waals surface area contributed by atoms with Gasteiger partial charge >= 0.3 is 0 Å². The molecule has 1 amide bonds. The van der Waals surface area contributed by atoms with Crippen molar-refractivity contribution in [2.75, 3.05) is 32.1 Å². The highest BCUT2D eigenvalue weighted by atomic mass is 16.5. The molecule has 18 heavy (non-hydrogen) atoms.